The zero-order chi connectivity index (χ0) is 15.5. The molecule has 128 valence electrons. The zero-order valence-electron chi connectivity index (χ0n) is 13.9. The smallest absolute Gasteiger partial charge is 0.104 e. The van der Waals surface area contributed by atoms with E-state index >= 15 is 0 Å². The number of likely N-dealkylation sites (tertiary alicyclic amines) is 1. The Morgan fingerprint density at radius 1 is 1.22 bits per heavy atom. The highest BCUT2D eigenvalue weighted by molar-refractivity contribution is 7.09. The monoisotopic (exact) mass is 336 g/mol. The van der Waals surface area contributed by atoms with Gasteiger partial charge in [0.2, 0.25) is 0 Å². The van der Waals surface area contributed by atoms with Crippen LogP contribution in [-0.2, 0) is 16.0 Å². The number of nitrogens with zero attached hydrogens (tertiary/aromatic N) is 2. The number of ether oxygens (including phenoxy) is 2. The molecular weight excluding hydrogens is 308 g/mol. The Labute approximate surface area is 143 Å². The Kier molecular flexibility index (Phi) is 5.02. The number of hydrogen-bond donors (Lipinski definition) is 0. The van der Waals surface area contributed by atoms with Crippen molar-refractivity contribution in [2.45, 2.75) is 31.4 Å². The Hall–Kier alpha value is -0.460. The lowest BCUT2D eigenvalue weighted by molar-refractivity contribution is -0.0562. The van der Waals surface area contributed by atoms with Gasteiger partial charge in [0.05, 0.1) is 19.8 Å². The zero-order valence-corrected chi connectivity index (χ0v) is 14.7. The standard InChI is InChI=1S/C18H28N2O2S/c1-2-6-19(5-1)11-16-10-18(22-13-16)14-20(7-8-21-15-18)12-17-4-3-9-23-17/h3-4,9,16H,1-2,5-8,10-15H2/t16-,18+/m0/s1. The van der Waals surface area contributed by atoms with E-state index in [0.717, 1.165) is 45.9 Å². The summed E-state index contributed by atoms with van der Waals surface area (Å²) in [5.74, 6) is 0.679. The third-order valence-corrected chi connectivity index (χ3v) is 6.25. The van der Waals surface area contributed by atoms with Crippen LogP contribution in [0.5, 0.6) is 0 Å². The van der Waals surface area contributed by atoms with Crippen LogP contribution in [0.4, 0.5) is 0 Å². The molecule has 0 bridgehead atoms. The van der Waals surface area contributed by atoms with Crippen molar-refractivity contribution in [1.29, 1.82) is 0 Å². The third-order valence-electron chi connectivity index (χ3n) is 5.39. The lowest BCUT2D eigenvalue weighted by atomic mass is 9.94. The topological polar surface area (TPSA) is 24.9 Å². The van der Waals surface area contributed by atoms with Crippen LogP contribution in [-0.4, -0.2) is 67.9 Å². The molecule has 4 heterocycles. The summed E-state index contributed by atoms with van der Waals surface area (Å²) in [7, 11) is 0. The molecule has 3 fully saturated rings. The summed E-state index contributed by atoms with van der Waals surface area (Å²) in [4.78, 5) is 6.58. The maximum Gasteiger partial charge on any atom is 0.104 e. The van der Waals surface area contributed by atoms with Crippen LogP contribution in [0.1, 0.15) is 24.1 Å². The van der Waals surface area contributed by atoms with E-state index in [9.17, 15) is 0 Å². The molecule has 0 saturated carbocycles. The predicted octanol–water partition coefficient (Wildman–Crippen LogP) is 2.45. The van der Waals surface area contributed by atoms with Crippen LogP contribution in [0.2, 0.25) is 0 Å². The highest BCUT2D eigenvalue weighted by Crippen LogP contribution is 2.34. The minimum Gasteiger partial charge on any atom is -0.377 e. The highest BCUT2D eigenvalue weighted by atomic mass is 32.1. The average molecular weight is 337 g/mol. The van der Waals surface area contributed by atoms with Crippen molar-refractivity contribution in [3.63, 3.8) is 0 Å². The summed E-state index contributed by atoms with van der Waals surface area (Å²) in [6.07, 6.45) is 3.90. The van der Waals surface area contributed by atoms with Crippen LogP contribution in [0.3, 0.4) is 0 Å². The van der Waals surface area contributed by atoms with Gasteiger partial charge in [0, 0.05) is 31.1 Å². The highest BCUT2D eigenvalue weighted by Gasteiger charge is 2.43. The van der Waals surface area contributed by atoms with Gasteiger partial charge in [-0.25, -0.2) is 0 Å². The first-order valence-electron chi connectivity index (χ1n) is 9.00. The molecule has 0 amide bonds. The van der Waals surface area contributed by atoms with Gasteiger partial charge in [-0.2, -0.15) is 0 Å². The Morgan fingerprint density at radius 3 is 2.96 bits per heavy atom. The predicted molar refractivity (Wildman–Crippen MR) is 92.9 cm³/mol. The molecule has 4 nitrogen and oxygen atoms in total. The molecule has 0 aliphatic carbocycles. The fraction of sp³-hybridized carbons (Fsp3) is 0.778. The molecule has 0 N–H and O–H groups in total. The second kappa shape index (κ2) is 7.19. The van der Waals surface area contributed by atoms with Gasteiger partial charge in [0.1, 0.15) is 5.60 Å². The van der Waals surface area contributed by atoms with Gasteiger partial charge in [0.25, 0.3) is 0 Å². The van der Waals surface area contributed by atoms with Crippen LogP contribution in [0.15, 0.2) is 17.5 Å². The molecule has 0 aromatic carbocycles. The van der Waals surface area contributed by atoms with Crippen molar-refractivity contribution in [3.8, 4) is 0 Å². The van der Waals surface area contributed by atoms with Crippen LogP contribution >= 0.6 is 11.3 Å². The van der Waals surface area contributed by atoms with Gasteiger partial charge < -0.3 is 14.4 Å². The van der Waals surface area contributed by atoms with Crippen molar-refractivity contribution < 1.29 is 9.47 Å². The summed E-state index contributed by atoms with van der Waals surface area (Å²) in [5, 5.41) is 2.16. The number of thiophene rings is 1. The second-order valence-electron chi connectivity index (χ2n) is 7.41. The molecule has 23 heavy (non-hydrogen) atoms. The lowest BCUT2D eigenvalue weighted by Gasteiger charge is -2.31. The maximum absolute atomic E-state index is 6.34. The minimum atomic E-state index is -0.0713. The van der Waals surface area contributed by atoms with Crippen LogP contribution in [0, 0.1) is 5.92 Å². The van der Waals surface area contributed by atoms with Crippen molar-refractivity contribution in [2.24, 2.45) is 5.92 Å². The van der Waals surface area contributed by atoms with Crippen molar-refractivity contribution >= 4 is 11.3 Å². The summed E-state index contributed by atoms with van der Waals surface area (Å²) < 4.78 is 12.3. The van der Waals surface area contributed by atoms with E-state index < -0.39 is 0 Å². The quantitative estimate of drug-likeness (QED) is 0.843. The molecule has 1 aromatic heterocycles. The van der Waals surface area contributed by atoms with E-state index in [0.29, 0.717) is 5.92 Å². The molecule has 3 aliphatic heterocycles. The molecule has 4 rings (SSSR count). The number of hydrogen-bond acceptors (Lipinski definition) is 5. The molecule has 1 aromatic rings. The maximum atomic E-state index is 6.34. The largest absolute Gasteiger partial charge is 0.377 e. The molecule has 0 unspecified atom stereocenters. The van der Waals surface area contributed by atoms with Gasteiger partial charge in [-0.15, -0.1) is 11.3 Å². The van der Waals surface area contributed by atoms with E-state index in [1.54, 1.807) is 0 Å². The first-order chi connectivity index (χ1) is 11.3. The molecule has 3 saturated heterocycles. The molecule has 2 atom stereocenters. The van der Waals surface area contributed by atoms with Gasteiger partial charge in [-0.05, 0) is 49.7 Å². The molecule has 1 spiro atoms. The lowest BCUT2D eigenvalue weighted by Crippen LogP contribution is -2.44. The second-order valence-corrected chi connectivity index (χ2v) is 8.45. The van der Waals surface area contributed by atoms with E-state index in [4.69, 9.17) is 9.47 Å². The van der Waals surface area contributed by atoms with E-state index in [1.165, 1.54) is 37.4 Å². The molecule has 5 heteroatoms. The molecule has 3 aliphatic rings. The average Bonchev–Trinajstić information content (AvgIpc) is 3.25. The summed E-state index contributed by atoms with van der Waals surface area (Å²) in [5.41, 5.74) is -0.0713. The Balaban J connectivity index is 1.36. The van der Waals surface area contributed by atoms with Gasteiger partial charge in [-0.1, -0.05) is 6.07 Å². The van der Waals surface area contributed by atoms with E-state index in [-0.39, 0.29) is 5.60 Å². The normalized spacial score (nSPS) is 33.5. The molecular formula is C18H28N2O2S. The van der Waals surface area contributed by atoms with Crippen molar-refractivity contribution in [1.82, 2.24) is 9.80 Å². The van der Waals surface area contributed by atoms with E-state index in [2.05, 4.69) is 27.3 Å². The van der Waals surface area contributed by atoms with Gasteiger partial charge in [-0.3, -0.25) is 4.90 Å². The van der Waals surface area contributed by atoms with Crippen LogP contribution in [0.25, 0.3) is 0 Å². The van der Waals surface area contributed by atoms with Crippen molar-refractivity contribution in [2.75, 3.05) is 52.5 Å². The Bertz CT molecular complexity index is 489. The van der Waals surface area contributed by atoms with Crippen LogP contribution < -0.4 is 0 Å². The molecule has 0 radical (unpaired) electrons. The SMILES string of the molecule is c1csc(CN2CCOC[C@@]3(C[C@@H](CN4CCCC4)CO3)C2)c1. The van der Waals surface area contributed by atoms with Crippen molar-refractivity contribution in [3.05, 3.63) is 22.4 Å². The minimum absolute atomic E-state index is 0.0713. The summed E-state index contributed by atoms with van der Waals surface area (Å²) in [6.45, 7) is 9.34. The first-order valence-corrected chi connectivity index (χ1v) is 9.88. The summed E-state index contributed by atoms with van der Waals surface area (Å²) >= 11 is 1.85. The summed E-state index contributed by atoms with van der Waals surface area (Å²) in [6, 6.07) is 4.37. The number of rotatable bonds is 4. The van der Waals surface area contributed by atoms with E-state index in [1.807, 2.05) is 11.3 Å². The fourth-order valence-electron chi connectivity index (χ4n) is 4.34. The van der Waals surface area contributed by atoms with Gasteiger partial charge >= 0.3 is 0 Å². The third kappa shape index (κ3) is 3.97. The Morgan fingerprint density at radius 2 is 2.13 bits per heavy atom. The first kappa shape index (κ1) is 16.0. The fourth-order valence-corrected chi connectivity index (χ4v) is 5.09. The van der Waals surface area contributed by atoms with Gasteiger partial charge in [0.15, 0.2) is 0 Å².